The number of nitrogens with one attached hydrogen (secondary N) is 1. The lowest BCUT2D eigenvalue weighted by Crippen LogP contribution is -2.12. The summed E-state index contributed by atoms with van der Waals surface area (Å²) in [5, 5.41) is 13.3. The molecular formula is C9H9BrN2O3. The van der Waals surface area contributed by atoms with E-state index in [0.717, 1.165) is 6.21 Å². The van der Waals surface area contributed by atoms with Gasteiger partial charge in [-0.1, -0.05) is 5.16 Å². The average Bonchev–Trinajstić information content (AvgIpc) is 2.21. The highest BCUT2D eigenvalue weighted by Crippen LogP contribution is 2.26. The van der Waals surface area contributed by atoms with Crippen LogP contribution in [0.3, 0.4) is 0 Å². The molecule has 0 aliphatic rings. The van der Waals surface area contributed by atoms with E-state index in [1.54, 1.807) is 18.2 Å². The first-order valence-corrected chi connectivity index (χ1v) is 4.78. The standard InChI is InChI=1S/C9H9BrN2O3/c1-15-6-2-3-7(10)8(4-6)12-9(13)5-11-14/h2-5,14H,1H3,(H,12,13). The van der Waals surface area contributed by atoms with E-state index in [0.29, 0.717) is 15.9 Å². The summed E-state index contributed by atoms with van der Waals surface area (Å²) >= 11 is 3.26. The molecule has 1 rings (SSSR count). The number of rotatable bonds is 3. The maximum absolute atomic E-state index is 11.1. The number of benzene rings is 1. The Morgan fingerprint density at radius 3 is 3.00 bits per heavy atom. The van der Waals surface area contributed by atoms with E-state index in [9.17, 15) is 4.79 Å². The Kier molecular flexibility index (Phi) is 4.11. The third-order valence-electron chi connectivity index (χ3n) is 1.61. The first-order valence-electron chi connectivity index (χ1n) is 3.99. The summed E-state index contributed by atoms with van der Waals surface area (Å²) in [7, 11) is 1.53. The fourth-order valence-corrected chi connectivity index (χ4v) is 1.29. The van der Waals surface area contributed by atoms with Gasteiger partial charge in [0.1, 0.15) is 12.0 Å². The molecule has 1 aromatic rings. The highest BCUT2D eigenvalue weighted by atomic mass is 79.9. The number of anilines is 1. The van der Waals surface area contributed by atoms with E-state index in [-0.39, 0.29) is 0 Å². The van der Waals surface area contributed by atoms with E-state index in [1.165, 1.54) is 7.11 Å². The summed E-state index contributed by atoms with van der Waals surface area (Å²) in [6.07, 6.45) is 0.770. The van der Waals surface area contributed by atoms with Gasteiger partial charge in [-0.05, 0) is 28.1 Å². The van der Waals surface area contributed by atoms with Crippen LogP contribution >= 0.6 is 15.9 Å². The monoisotopic (exact) mass is 272 g/mol. The molecule has 0 fully saturated rings. The smallest absolute Gasteiger partial charge is 0.270 e. The van der Waals surface area contributed by atoms with Crippen LogP contribution in [0.15, 0.2) is 27.8 Å². The van der Waals surface area contributed by atoms with Gasteiger partial charge < -0.3 is 15.3 Å². The van der Waals surface area contributed by atoms with Crippen molar-refractivity contribution in [2.75, 3.05) is 12.4 Å². The van der Waals surface area contributed by atoms with Crippen molar-refractivity contribution in [1.29, 1.82) is 0 Å². The number of amides is 1. The van der Waals surface area contributed by atoms with Crippen molar-refractivity contribution in [2.45, 2.75) is 0 Å². The largest absolute Gasteiger partial charge is 0.497 e. The Balaban J connectivity index is 2.88. The van der Waals surface area contributed by atoms with Gasteiger partial charge in [-0.25, -0.2) is 0 Å². The number of hydrogen-bond acceptors (Lipinski definition) is 4. The van der Waals surface area contributed by atoms with Crippen molar-refractivity contribution in [2.24, 2.45) is 5.16 Å². The zero-order valence-electron chi connectivity index (χ0n) is 7.90. The molecule has 0 atom stereocenters. The van der Waals surface area contributed by atoms with Gasteiger partial charge in [0.2, 0.25) is 0 Å². The molecule has 0 heterocycles. The van der Waals surface area contributed by atoms with Gasteiger partial charge in [-0.3, -0.25) is 4.79 Å². The third-order valence-corrected chi connectivity index (χ3v) is 2.30. The Hall–Kier alpha value is -1.56. The van der Waals surface area contributed by atoms with Crippen LogP contribution in [0.2, 0.25) is 0 Å². The second-order valence-electron chi connectivity index (χ2n) is 2.58. The Morgan fingerprint density at radius 2 is 2.40 bits per heavy atom. The fraction of sp³-hybridized carbons (Fsp3) is 0.111. The molecule has 0 unspecified atom stereocenters. The Morgan fingerprint density at radius 1 is 1.67 bits per heavy atom. The molecule has 6 heteroatoms. The van der Waals surface area contributed by atoms with Crippen molar-refractivity contribution >= 4 is 33.7 Å². The third kappa shape index (κ3) is 3.25. The number of methoxy groups -OCH3 is 1. The van der Waals surface area contributed by atoms with Crippen LogP contribution in [-0.2, 0) is 4.79 Å². The molecule has 80 valence electrons. The molecule has 0 radical (unpaired) electrons. The Bertz CT molecular complexity index is 393. The van der Waals surface area contributed by atoms with Gasteiger partial charge >= 0.3 is 0 Å². The zero-order chi connectivity index (χ0) is 11.3. The lowest BCUT2D eigenvalue weighted by molar-refractivity contribution is -0.110. The summed E-state index contributed by atoms with van der Waals surface area (Å²) in [6, 6.07) is 5.14. The van der Waals surface area contributed by atoms with E-state index in [1.807, 2.05) is 0 Å². The highest BCUT2D eigenvalue weighted by Gasteiger charge is 2.04. The first kappa shape index (κ1) is 11.5. The summed E-state index contributed by atoms with van der Waals surface area (Å²) in [4.78, 5) is 11.1. The van der Waals surface area contributed by atoms with E-state index in [4.69, 9.17) is 9.94 Å². The number of hydrogen-bond donors (Lipinski definition) is 2. The van der Waals surface area contributed by atoms with E-state index >= 15 is 0 Å². The minimum Gasteiger partial charge on any atom is -0.497 e. The van der Waals surface area contributed by atoms with Crippen LogP contribution in [0.5, 0.6) is 5.75 Å². The maximum Gasteiger partial charge on any atom is 0.270 e. The van der Waals surface area contributed by atoms with Crippen molar-refractivity contribution in [3.8, 4) is 5.75 Å². The van der Waals surface area contributed by atoms with Crippen LogP contribution in [0, 0.1) is 0 Å². The van der Waals surface area contributed by atoms with E-state index in [2.05, 4.69) is 26.4 Å². The number of ether oxygens (including phenoxy) is 1. The normalized spacial score (nSPS) is 10.3. The van der Waals surface area contributed by atoms with E-state index < -0.39 is 5.91 Å². The number of carbonyl (C=O) groups excluding carboxylic acids is 1. The summed E-state index contributed by atoms with van der Waals surface area (Å²) in [5.74, 6) is 0.0980. The van der Waals surface area contributed by atoms with Crippen molar-refractivity contribution in [3.63, 3.8) is 0 Å². The van der Waals surface area contributed by atoms with Gasteiger partial charge in [0.05, 0.1) is 12.8 Å². The minimum absolute atomic E-state index is 0.522. The van der Waals surface area contributed by atoms with Crippen molar-refractivity contribution in [3.05, 3.63) is 22.7 Å². The van der Waals surface area contributed by atoms with Crippen LogP contribution in [0.25, 0.3) is 0 Å². The van der Waals surface area contributed by atoms with Crippen LogP contribution in [0.4, 0.5) is 5.69 Å². The lowest BCUT2D eigenvalue weighted by Gasteiger charge is -2.06. The van der Waals surface area contributed by atoms with Gasteiger partial charge in [0, 0.05) is 10.5 Å². The fourth-order valence-electron chi connectivity index (χ4n) is 0.945. The van der Waals surface area contributed by atoms with Crippen LogP contribution in [-0.4, -0.2) is 24.4 Å². The second-order valence-corrected chi connectivity index (χ2v) is 3.43. The molecule has 0 aliphatic heterocycles. The molecule has 0 saturated heterocycles. The Labute approximate surface area is 94.9 Å². The summed E-state index contributed by atoms with van der Waals surface area (Å²) in [6.45, 7) is 0. The molecule has 0 aliphatic carbocycles. The summed E-state index contributed by atoms with van der Waals surface area (Å²) in [5.41, 5.74) is 0.541. The first-order chi connectivity index (χ1) is 7.17. The number of carbonyl (C=O) groups is 1. The molecule has 0 bridgehead atoms. The quantitative estimate of drug-likeness (QED) is 0.501. The molecule has 0 aromatic heterocycles. The number of oxime groups is 1. The topological polar surface area (TPSA) is 70.9 Å². The molecule has 0 saturated carbocycles. The summed E-state index contributed by atoms with van der Waals surface area (Å²) < 4.78 is 5.71. The molecule has 1 aromatic carbocycles. The molecule has 1 amide bonds. The van der Waals surface area contributed by atoms with Crippen LogP contribution < -0.4 is 10.1 Å². The zero-order valence-corrected chi connectivity index (χ0v) is 9.48. The minimum atomic E-state index is -0.522. The SMILES string of the molecule is COc1ccc(Br)c(NC(=O)C=NO)c1. The second kappa shape index (κ2) is 5.35. The predicted molar refractivity (Wildman–Crippen MR) is 59.6 cm³/mol. The lowest BCUT2D eigenvalue weighted by atomic mass is 10.3. The van der Waals surface area contributed by atoms with Gasteiger partial charge in [0.25, 0.3) is 5.91 Å². The molecule has 2 N–H and O–H groups in total. The van der Waals surface area contributed by atoms with Crippen LogP contribution in [0.1, 0.15) is 0 Å². The van der Waals surface area contributed by atoms with Gasteiger partial charge in [0.15, 0.2) is 0 Å². The molecule has 15 heavy (non-hydrogen) atoms. The number of halogens is 1. The van der Waals surface area contributed by atoms with Crippen molar-refractivity contribution < 1.29 is 14.7 Å². The predicted octanol–water partition coefficient (Wildman–Crippen LogP) is 1.86. The number of nitrogens with zero attached hydrogens (tertiary/aromatic N) is 1. The molecule has 0 spiro atoms. The van der Waals surface area contributed by atoms with Crippen molar-refractivity contribution in [1.82, 2.24) is 0 Å². The average molecular weight is 273 g/mol. The molecule has 5 nitrogen and oxygen atoms in total. The molecular weight excluding hydrogens is 264 g/mol. The van der Waals surface area contributed by atoms with Gasteiger partial charge in [-0.2, -0.15) is 0 Å². The maximum atomic E-state index is 11.1. The van der Waals surface area contributed by atoms with Gasteiger partial charge in [-0.15, -0.1) is 0 Å². The highest BCUT2D eigenvalue weighted by molar-refractivity contribution is 9.10.